The number of hydrogen-bond acceptors (Lipinski definition) is 4. The van der Waals surface area contributed by atoms with Crippen LogP contribution < -0.4 is 5.32 Å². The Kier molecular flexibility index (Phi) is 4.27. The molecule has 1 aromatic rings. The molecule has 0 unspecified atom stereocenters. The normalized spacial score (nSPS) is 17.6. The van der Waals surface area contributed by atoms with Gasteiger partial charge in [0.15, 0.2) is 0 Å². The second kappa shape index (κ2) is 5.81. The Bertz CT molecular complexity index is 563. The minimum atomic E-state index is -0.468. The van der Waals surface area contributed by atoms with Gasteiger partial charge in [0.25, 0.3) is 11.6 Å². The Hall–Kier alpha value is -1.95. The van der Waals surface area contributed by atoms with Gasteiger partial charge >= 0.3 is 0 Å². The van der Waals surface area contributed by atoms with E-state index in [1.807, 2.05) is 7.05 Å². The Morgan fingerprint density at radius 3 is 2.52 bits per heavy atom. The van der Waals surface area contributed by atoms with Gasteiger partial charge in [0.2, 0.25) is 0 Å². The molecular formula is C15H21N3O3. The van der Waals surface area contributed by atoms with E-state index in [4.69, 9.17) is 0 Å². The number of benzene rings is 1. The van der Waals surface area contributed by atoms with Crippen LogP contribution >= 0.6 is 0 Å². The van der Waals surface area contributed by atoms with E-state index in [0.29, 0.717) is 18.7 Å². The number of carbonyl (C=O) groups excluding carboxylic acids is 1. The van der Waals surface area contributed by atoms with Crippen LogP contribution in [-0.4, -0.2) is 41.4 Å². The lowest BCUT2D eigenvalue weighted by atomic mass is 9.89. The van der Waals surface area contributed by atoms with Crippen molar-refractivity contribution in [3.05, 3.63) is 39.4 Å². The fourth-order valence-corrected chi connectivity index (χ4v) is 2.58. The third-order valence-electron chi connectivity index (χ3n) is 4.42. The van der Waals surface area contributed by atoms with Crippen LogP contribution in [0.4, 0.5) is 5.69 Å². The maximum atomic E-state index is 12.6. The Labute approximate surface area is 124 Å². The molecule has 1 amide bonds. The quantitative estimate of drug-likeness (QED) is 0.683. The van der Waals surface area contributed by atoms with Crippen LogP contribution in [-0.2, 0) is 0 Å². The Balaban J connectivity index is 2.18. The van der Waals surface area contributed by atoms with Gasteiger partial charge in [-0.15, -0.1) is 0 Å². The predicted octanol–water partition coefficient (Wildman–Crippen LogP) is 2.12. The van der Waals surface area contributed by atoms with Gasteiger partial charge in [-0.1, -0.05) is 6.07 Å². The van der Waals surface area contributed by atoms with Crippen molar-refractivity contribution in [2.75, 3.05) is 20.1 Å². The van der Waals surface area contributed by atoms with Crippen molar-refractivity contribution in [2.24, 2.45) is 0 Å². The molecule has 0 spiro atoms. The third-order valence-corrected chi connectivity index (χ3v) is 4.42. The number of nitro groups is 1. The van der Waals surface area contributed by atoms with Gasteiger partial charge in [0.1, 0.15) is 0 Å². The molecule has 0 radical (unpaired) electrons. The van der Waals surface area contributed by atoms with Crippen molar-refractivity contribution < 1.29 is 9.72 Å². The molecule has 1 aliphatic heterocycles. The number of aryl methyl sites for hydroxylation is 1. The van der Waals surface area contributed by atoms with Gasteiger partial charge in [-0.25, -0.2) is 0 Å². The number of rotatable bonds is 3. The van der Waals surface area contributed by atoms with E-state index in [0.717, 1.165) is 18.4 Å². The van der Waals surface area contributed by atoms with E-state index < -0.39 is 4.92 Å². The average molecular weight is 291 g/mol. The number of amides is 1. The minimum Gasteiger partial charge on any atom is -0.338 e. The minimum absolute atomic E-state index is 0.0407. The molecule has 114 valence electrons. The molecule has 0 aromatic heterocycles. The maximum absolute atomic E-state index is 12.6. The highest BCUT2D eigenvalue weighted by molar-refractivity contribution is 5.96. The monoisotopic (exact) mass is 291 g/mol. The summed E-state index contributed by atoms with van der Waals surface area (Å²) in [6.07, 6.45) is 1.76. The fraction of sp³-hybridized carbons (Fsp3) is 0.533. The van der Waals surface area contributed by atoms with Gasteiger partial charge in [-0.3, -0.25) is 14.9 Å². The van der Waals surface area contributed by atoms with Crippen molar-refractivity contribution in [1.29, 1.82) is 0 Å². The second-order valence-electron chi connectivity index (χ2n) is 5.86. The topological polar surface area (TPSA) is 75.5 Å². The molecule has 1 heterocycles. The molecule has 6 heteroatoms. The molecule has 1 fully saturated rings. The van der Waals surface area contributed by atoms with Crippen molar-refractivity contribution >= 4 is 11.6 Å². The standard InChI is InChI=1S/C15H21N3O3/c1-11-4-5-12(18(20)21)10-13(11)14(19)17-8-6-15(2,16-3)7-9-17/h4-5,10,16H,6-9H2,1-3H3. The Morgan fingerprint density at radius 1 is 1.38 bits per heavy atom. The zero-order valence-corrected chi connectivity index (χ0v) is 12.7. The molecule has 0 bridgehead atoms. The SMILES string of the molecule is CNC1(C)CCN(C(=O)c2cc([N+](=O)[O-])ccc2C)CC1. The summed E-state index contributed by atoms with van der Waals surface area (Å²) in [6.45, 7) is 5.28. The van der Waals surface area contributed by atoms with E-state index >= 15 is 0 Å². The Morgan fingerprint density at radius 2 is 2.00 bits per heavy atom. The van der Waals surface area contributed by atoms with Crippen molar-refractivity contribution in [1.82, 2.24) is 10.2 Å². The van der Waals surface area contributed by atoms with Gasteiger partial charge in [-0.2, -0.15) is 0 Å². The van der Waals surface area contributed by atoms with Crippen LogP contribution in [0.3, 0.4) is 0 Å². The lowest BCUT2D eigenvalue weighted by Crippen LogP contribution is -2.51. The number of likely N-dealkylation sites (tertiary alicyclic amines) is 1. The number of hydrogen-bond donors (Lipinski definition) is 1. The number of non-ortho nitro benzene ring substituents is 1. The van der Waals surface area contributed by atoms with Gasteiger partial charge in [0, 0.05) is 36.3 Å². The first-order valence-electron chi connectivity index (χ1n) is 7.09. The predicted molar refractivity (Wildman–Crippen MR) is 80.4 cm³/mol. The highest BCUT2D eigenvalue weighted by atomic mass is 16.6. The van der Waals surface area contributed by atoms with Crippen LogP contribution in [0.25, 0.3) is 0 Å². The van der Waals surface area contributed by atoms with E-state index in [2.05, 4.69) is 12.2 Å². The summed E-state index contributed by atoms with van der Waals surface area (Å²) in [5.74, 6) is -0.116. The van der Waals surface area contributed by atoms with Gasteiger partial charge in [-0.05, 0) is 39.3 Å². The highest BCUT2D eigenvalue weighted by Crippen LogP contribution is 2.24. The summed E-state index contributed by atoms with van der Waals surface area (Å²) >= 11 is 0. The molecule has 0 aliphatic carbocycles. The number of nitro benzene ring substituents is 1. The highest BCUT2D eigenvalue weighted by Gasteiger charge is 2.31. The lowest BCUT2D eigenvalue weighted by Gasteiger charge is -2.39. The molecule has 21 heavy (non-hydrogen) atoms. The third kappa shape index (κ3) is 3.21. The zero-order chi connectivity index (χ0) is 15.6. The first-order valence-corrected chi connectivity index (χ1v) is 7.09. The summed E-state index contributed by atoms with van der Waals surface area (Å²) in [7, 11) is 1.93. The summed E-state index contributed by atoms with van der Waals surface area (Å²) in [5, 5.41) is 14.1. The number of nitrogens with one attached hydrogen (secondary N) is 1. The van der Waals surface area contributed by atoms with Crippen LogP contribution in [0.15, 0.2) is 18.2 Å². The van der Waals surface area contributed by atoms with Crippen molar-refractivity contribution in [2.45, 2.75) is 32.2 Å². The summed E-state index contributed by atoms with van der Waals surface area (Å²) in [6, 6.07) is 4.44. The first kappa shape index (κ1) is 15.4. The van der Waals surface area contributed by atoms with Crippen LogP contribution in [0, 0.1) is 17.0 Å². The molecule has 2 rings (SSSR count). The van der Waals surface area contributed by atoms with Crippen LogP contribution in [0.1, 0.15) is 35.7 Å². The van der Waals surface area contributed by atoms with E-state index in [9.17, 15) is 14.9 Å². The van der Waals surface area contributed by atoms with Crippen molar-refractivity contribution in [3.63, 3.8) is 0 Å². The van der Waals surface area contributed by atoms with Crippen LogP contribution in [0.2, 0.25) is 0 Å². The first-order chi connectivity index (χ1) is 9.86. The molecule has 0 atom stereocenters. The lowest BCUT2D eigenvalue weighted by molar-refractivity contribution is -0.384. The molecule has 1 saturated heterocycles. The molecular weight excluding hydrogens is 270 g/mol. The summed E-state index contributed by atoms with van der Waals surface area (Å²) in [4.78, 5) is 24.8. The second-order valence-corrected chi connectivity index (χ2v) is 5.86. The molecule has 6 nitrogen and oxygen atoms in total. The van der Waals surface area contributed by atoms with E-state index in [1.54, 1.807) is 17.9 Å². The largest absolute Gasteiger partial charge is 0.338 e. The molecule has 0 saturated carbocycles. The maximum Gasteiger partial charge on any atom is 0.270 e. The number of carbonyl (C=O) groups is 1. The smallest absolute Gasteiger partial charge is 0.270 e. The van der Waals surface area contributed by atoms with Crippen LogP contribution in [0.5, 0.6) is 0 Å². The molecule has 1 N–H and O–H groups in total. The van der Waals surface area contributed by atoms with Gasteiger partial charge < -0.3 is 10.2 Å². The number of piperidine rings is 1. The molecule has 1 aliphatic rings. The van der Waals surface area contributed by atoms with Gasteiger partial charge in [0.05, 0.1) is 4.92 Å². The van der Waals surface area contributed by atoms with E-state index in [-0.39, 0.29) is 17.1 Å². The fourth-order valence-electron chi connectivity index (χ4n) is 2.58. The zero-order valence-electron chi connectivity index (χ0n) is 12.7. The summed E-state index contributed by atoms with van der Waals surface area (Å²) < 4.78 is 0. The molecule has 1 aromatic carbocycles. The van der Waals surface area contributed by atoms with E-state index in [1.165, 1.54) is 12.1 Å². The number of nitrogens with zero attached hydrogens (tertiary/aromatic N) is 2. The van der Waals surface area contributed by atoms with Crippen molar-refractivity contribution in [3.8, 4) is 0 Å². The average Bonchev–Trinajstić information content (AvgIpc) is 2.47. The summed E-state index contributed by atoms with van der Waals surface area (Å²) in [5.41, 5.74) is 1.22.